The number of benzene rings is 8. The van der Waals surface area contributed by atoms with Gasteiger partial charge in [-0.3, -0.25) is 0 Å². The first-order valence-corrected chi connectivity index (χ1v) is 25.6. The van der Waals surface area contributed by atoms with Gasteiger partial charge in [-0.15, -0.1) is 0 Å². The van der Waals surface area contributed by atoms with Crippen LogP contribution in [0.15, 0.2) is 186 Å². The van der Waals surface area contributed by atoms with Gasteiger partial charge in [-0.25, -0.2) is 0 Å². The molecule has 0 amide bonds. The molecular formula is C65H59BN4O. The molecule has 0 spiro atoms. The Morgan fingerprint density at radius 1 is 0.493 bits per heavy atom. The first-order valence-electron chi connectivity index (χ1n) is 25.6. The highest BCUT2D eigenvalue weighted by Gasteiger charge is 2.48. The van der Waals surface area contributed by atoms with Crippen LogP contribution in [0.2, 0.25) is 0 Å². The normalized spacial score (nSPS) is 14.1. The molecule has 0 fully saturated rings. The third kappa shape index (κ3) is 6.82. The summed E-state index contributed by atoms with van der Waals surface area (Å²) < 4.78 is 9.77. The fraction of sp³-hybridized carbons (Fsp3) is 0.200. The third-order valence-electron chi connectivity index (χ3n) is 15.6. The molecule has 10 aromatic rings. The molecule has 3 aliphatic rings. The standard InChI is InChI=1S/C65H59BN4O/c1-42-19-16-25-50-51-26-17-30-57(62(51)71-61(42)50)70-56-29-18-28-55-59(56)66(63-60(68(55)45-20-10-8-11-21-45)52-24-14-15-27-54(52)69(63)46-22-12-9-13-23-46)53-40-39-49(41-58(53)70)67(47-35-31-43(32-36-47)64(2,3)4)48-37-33-44(34-38-48)65(5,6)7/h8-13,16-23,25-26,28-41H,14-15,24,27H2,1-7H3. The maximum absolute atomic E-state index is 7.10. The average molecular weight is 923 g/mol. The molecule has 2 aliphatic heterocycles. The Morgan fingerprint density at radius 3 is 1.69 bits per heavy atom. The zero-order valence-electron chi connectivity index (χ0n) is 41.9. The predicted molar refractivity (Wildman–Crippen MR) is 301 cm³/mol. The van der Waals surface area contributed by atoms with Crippen molar-refractivity contribution in [3.8, 4) is 5.69 Å². The maximum Gasteiger partial charge on any atom is 0.273 e. The zero-order chi connectivity index (χ0) is 48.3. The third-order valence-corrected chi connectivity index (χ3v) is 15.6. The first kappa shape index (κ1) is 43.3. The highest BCUT2D eigenvalue weighted by molar-refractivity contribution is 7.00. The van der Waals surface area contributed by atoms with Gasteiger partial charge >= 0.3 is 0 Å². The Labute approximate surface area is 418 Å². The number of para-hydroxylation sites is 4. The van der Waals surface area contributed by atoms with E-state index in [0.717, 1.165) is 74.5 Å². The topological polar surface area (TPSA) is 27.8 Å². The molecule has 0 saturated carbocycles. The van der Waals surface area contributed by atoms with Gasteiger partial charge in [0.1, 0.15) is 5.58 Å². The van der Waals surface area contributed by atoms with Crippen molar-refractivity contribution >= 4 is 96.4 Å². The number of furan rings is 1. The van der Waals surface area contributed by atoms with Gasteiger partial charge in [-0.1, -0.05) is 145 Å². The summed E-state index contributed by atoms with van der Waals surface area (Å²) in [6, 6.07) is 68.1. The number of nitrogens with zero attached hydrogens (tertiary/aromatic N) is 4. The molecular weight excluding hydrogens is 864 g/mol. The molecule has 0 radical (unpaired) electrons. The molecule has 6 heteroatoms. The van der Waals surface area contributed by atoms with Crippen molar-refractivity contribution < 1.29 is 4.42 Å². The van der Waals surface area contributed by atoms with E-state index in [9.17, 15) is 0 Å². The van der Waals surface area contributed by atoms with Crippen LogP contribution in [0.4, 0.5) is 51.2 Å². The molecule has 8 aromatic carbocycles. The van der Waals surface area contributed by atoms with E-state index in [4.69, 9.17) is 4.42 Å². The van der Waals surface area contributed by atoms with E-state index in [1.54, 1.807) is 0 Å². The van der Waals surface area contributed by atoms with Gasteiger partial charge in [0, 0.05) is 67.6 Å². The summed E-state index contributed by atoms with van der Waals surface area (Å²) in [5.41, 5.74) is 24.0. The van der Waals surface area contributed by atoms with Crippen molar-refractivity contribution in [2.45, 2.75) is 85.0 Å². The lowest BCUT2D eigenvalue weighted by atomic mass is 9.35. The second-order valence-corrected chi connectivity index (χ2v) is 22.1. The monoisotopic (exact) mass is 922 g/mol. The molecule has 0 saturated heterocycles. The predicted octanol–water partition coefficient (Wildman–Crippen LogP) is 15.7. The number of aromatic nitrogens is 1. The summed E-state index contributed by atoms with van der Waals surface area (Å²) in [6.07, 6.45) is 4.44. The molecule has 1 aliphatic carbocycles. The smallest absolute Gasteiger partial charge is 0.273 e. The van der Waals surface area contributed by atoms with Crippen molar-refractivity contribution in [2.24, 2.45) is 0 Å². The van der Waals surface area contributed by atoms with Gasteiger partial charge in [0.15, 0.2) is 5.58 Å². The van der Waals surface area contributed by atoms with Crippen molar-refractivity contribution in [2.75, 3.05) is 14.7 Å². The summed E-state index contributed by atoms with van der Waals surface area (Å²) >= 11 is 0. The molecule has 348 valence electrons. The van der Waals surface area contributed by atoms with Crippen LogP contribution in [0.3, 0.4) is 0 Å². The quantitative estimate of drug-likeness (QED) is 0.155. The maximum atomic E-state index is 7.10. The van der Waals surface area contributed by atoms with Crippen LogP contribution < -0.4 is 31.2 Å². The molecule has 0 bridgehead atoms. The highest BCUT2D eigenvalue weighted by atomic mass is 16.3. The summed E-state index contributed by atoms with van der Waals surface area (Å²) in [7, 11) is 0. The Kier molecular flexibility index (Phi) is 9.87. The molecule has 4 heterocycles. The van der Waals surface area contributed by atoms with Gasteiger partial charge in [0.25, 0.3) is 6.71 Å². The van der Waals surface area contributed by atoms with Crippen LogP contribution in [0.5, 0.6) is 0 Å². The fourth-order valence-corrected chi connectivity index (χ4v) is 12.1. The highest BCUT2D eigenvalue weighted by Crippen LogP contribution is 2.50. The van der Waals surface area contributed by atoms with E-state index in [-0.39, 0.29) is 17.5 Å². The molecule has 5 nitrogen and oxygen atoms in total. The summed E-state index contributed by atoms with van der Waals surface area (Å²) in [6.45, 7) is 15.8. The number of aryl methyl sites for hydroxylation is 1. The van der Waals surface area contributed by atoms with E-state index in [0.29, 0.717) is 0 Å². The second-order valence-electron chi connectivity index (χ2n) is 22.1. The Bertz CT molecular complexity index is 3630. The van der Waals surface area contributed by atoms with Gasteiger partial charge in [-0.2, -0.15) is 0 Å². The molecule has 0 N–H and O–H groups in total. The van der Waals surface area contributed by atoms with Crippen molar-refractivity contribution in [1.29, 1.82) is 0 Å². The van der Waals surface area contributed by atoms with E-state index in [1.807, 2.05) is 0 Å². The fourth-order valence-electron chi connectivity index (χ4n) is 12.1. The largest absolute Gasteiger partial charge is 0.454 e. The molecule has 13 rings (SSSR count). The number of rotatable bonds is 6. The average Bonchev–Trinajstić information content (AvgIpc) is 3.94. The SMILES string of the molecule is Cc1cccc2c1oc1c(N3c4cc(N(c5ccc(C(C)(C)C)cc5)c5ccc(C(C)(C)C)cc5)ccc4B4c5c(cccc53)N(c3ccccc3)c3c5c(n(-c6ccccc6)c34)CCCC5)cccc12. The minimum Gasteiger partial charge on any atom is -0.454 e. The minimum absolute atomic E-state index is 0.0259. The van der Waals surface area contributed by atoms with E-state index in [2.05, 4.69) is 250 Å². The van der Waals surface area contributed by atoms with Crippen molar-refractivity contribution in [3.05, 3.63) is 210 Å². The van der Waals surface area contributed by atoms with E-state index < -0.39 is 0 Å². The van der Waals surface area contributed by atoms with Crippen molar-refractivity contribution in [3.63, 3.8) is 0 Å². The van der Waals surface area contributed by atoms with Gasteiger partial charge < -0.3 is 23.7 Å². The van der Waals surface area contributed by atoms with Crippen LogP contribution in [-0.2, 0) is 23.7 Å². The van der Waals surface area contributed by atoms with Crippen LogP contribution in [0.1, 0.15) is 82.3 Å². The van der Waals surface area contributed by atoms with Crippen LogP contribution in [0, 0.1) is 6.92 Å². The summed E-state index contributed by atoms with van der Waals surface area (Å²) in [5, 5.41) is 2.25. The Hall–Kier alpha value is -7.70. The lowest BCUT2D eigenvalue weighted by molar-refractivity contribution is 0.590. The van der Waals surface area contributed by atoms with E-state index >= 15 is 0 Å². The molecule has 2 aromatic heterocycles. The Balaban J connectivity index is 1.13. The van der Waals surface area contributed by atoms with Crippen molar-refractivity contribution in [1.82, 2.24) is 4.57 Å². The van der Waals surface area contributed by atoms with Gasteiger partial charge in [0.05, 0.1) is 11.4 Å². The van der Waals surface area contributed by atoms with E-state index in [1.165, 1.54) is 74.5 Å². The lowest BCUT2D eigenvalue weighted by Gasteiger charge is -2.44. The zero-order valence-corrected chi connectivity index (χ0v) is 41.9. The van der Waals surface area contributed by atoms with Crippen LogP contribution in [0.25, 0.3) is 27.6 Å². The summed E-state index contributed by atoms with van der Waals surface area (Å²) in [4.78, 5) is 7.58. The van der Waals surface area contributed by atoms with Crippen LogP contribution in [-0.4, -0.2) is 11.3 Å². The summed E-state index contributed by atoms with van der Waals surface area (Å²) in [5.74, 6) is 0. The van der Waals surface area contributed by atoms with Crippen LogP contribution >= 0.6 is 0 Å². The number of fused-ring (bicyclic) bond motifs is 9. The molecule has 71 heavy (non-hydrogen) atoms. The number of hydrogen-bond acceptors (Lipinski definition) is 4. The Morgan fingerprint density at radius 2 is 1.04 bits per heavy atom. The second kappa shape index (κ2) is 16.2. The first-order chi connectivity index (χ1) is 34.4. The number of anilines is 9. The minimum atomic E-state index is -0.0787. The lowest BCUT2D eigenvalue weighted by Crippen LogP contribution is -2.63. The number of hydrogen-bond donors (Lipinski definition) is 0. The molecule has 0 unspecified atom stereocenters. The molecule has 0 atom stereocenters. The van der Waals surface area contributed by atoms with Gasteiger partial charge in [-0.05, 0) is 155 Å². The van der Waals surface area contributed by atoms with Gasteiger partial charge in [0.2, 0.25) is 0 Å².